The van der Waals surface area contributed by atoms with Gasteiger partial charge in [-0.3, -0.25) is 9.69 Å². The van der Waals surface area contributed by atoms with Gasteiger partial charge in [0, 0.05) is 32.1 Å². The fraction of sp³-hybridized carbons (Fsp3) is 0.846. The van der Waals surface area contributed by atoms with E-state index < -0.39 is 5.60 Å². The van der Waals surface area contributed by atoms with Gasteiger partial charge in [-0.2, -0.15) is 0 Å². The highest BCUT2D eigenvalue weighted by Crippen LogP contribution is 2.21. The van der Waals surface area contributed by atoms with Crippen LogP contribution in [0.1, 0.15) is 33.6 Å². The van der Waals surface area contributed by atoms with Crippen LogP contribution in [0.5, 0.6) is 0 Å². The molecular weight excluding hydrogens is 232 g/mol. The van der Waals surface area contributed by atoms with Crippen LogP contribution < -0.4 is 0 Å². The fourth-order valence-corrected chi connectivity index (χ4v) is 2.50. The summed E-state index contributed by atoms with van der Waals surface area (Å²) < 4.78 is 5.38. The highest BCUT2D eigenvalue weighted by atomic mass is 16.6. The summed E-state index contributed by atoms with van der Waals surface area (Å²) in [6, 6.07) is 0.323. The average Bonchev–Trinajstić information content (AvgIpc) is 2.26. The molecule has 0 aromatic rings. The number of piperazine rings is 1. The van der Waals surface area contributed by atoms with E-state index in [9.17, 15) is 9.59 Å². The van der Waals surface area contributed by atoms with Crippen LogP contribution in [0.15, 0.2) is 0 Å². The van der Waals surface area contributed by atoms with Crippen LogP contribution in [0.4, 0.5) is 4.79 Å². The summed E-state index contributed by atoms with van der Waals surface area (Å²) in [5.74, 6) is 0.317. The van der Waals surface area contributed by atoms with Crippen molar-refractivity contribution in [2.45, 2.75) is 45.3 Å². The number of carbonyl (C=O) groups is 2. The lowest BCUT2D eigenvalue weighted by Gasteiger charge is -2.43. The van der Waals surface area contributed by atoms with E-state index in [1.807, 2.05) is 20.8 Å². The molecule has 0 aliphatic carbocycles. The molecule has 2 fully saturated rings. The molecule has 0 radical (unpaired) electrons. The second-order valence-corrected chi connectivity index (χ2v) is 6.13. The van der Waals surface area contributed by atoms with Crippen LogP contribution in [-0.2, 0) is 9.53 Å². The van der Waals surface area contributed by atoms with Crippen LogP contribution in [0, 0.1) is 0 Å². The van der Waals surface area contributed by atoms with Gasteiger partial charge in [0.1, 0.15) is 11.4 Å². The first kappa shape index (κ1) is 13.3. The van der Waals surface area contributed by atoms with Gasteiger partial charge in [-0.05, 0) is 27.2 Å². The molecule has 2 saturated heterocycles. The van der Waals surface area contributed by atoms with Gasteiger partial charge in [-0.25, -0.2) is 4.79 Å². The van der Waals surface area contributed by atoms with Gasteiger partial charge >= 0.3 is 6.09 Å². The molecule has 2 rings (SSSR count). The van der Waals surface area contributed by atoms with Crippen LogP contribution in [0.2, 0.25) is 0 Å². The second-order valence-electron chi connectivity index (χ2n) is 6.13. The Morgan fingerprint density at radius 3 is 2.72 bits per heavy atom. The summed E-state index contributed by atoms with van der Waals surface area (Å²) in [7, 11) is 0. The van der Waals surface area contributed by atoms with E-state index in [2.05, 4.69) is 4.90 Å². The van der Waals surface area contributed by atoms with Crippen molar-refractivity contribution in [3.63, 3.8) is 0 Å². The minimum Gasteiger partial charge on any atom is -0.444 e. The zero-order valence-corrected chi connectivity index (χ0v) is 11.4. The summed E-state index contributed by atoms with van der Waals surface area (Å²) in [5, 5.41) is 0. The Labute approximate surface area is 108 Å². The molecule has 0 N–H and O–H groups in total. The summed E-state index contributed by atoms with van der Waals surface area (Å²) in [5.41, 5.74) is -0.448. The molecule has 1 amide bonds. The van der Waals surface area contributed by atoms with Crippen LogP contribution in [0.3, 0.4) is 0 Å². The Bertz CT molecular complexity index is 349. The van der Waals surface area contributed by atoms with Crippen molar-refractivity contribution in [3.05, 3.63) is 0 Å². The van der Waals surface area contributed by atoms with Gasteiger partial charge in [0.2, 0.25) is 0 Å². The van der Waals surface area contributed by atoms with Crippen molar-refractivity contribution in [1.29, 1.82) is 0 Å². The molecule has 2 aliphatic rings. The first-order valence-electron chi connectivity index (χ1n) is 6.59. The standard InChI is InChI=1S/C13H22N2O3/c1-13(2,3)18-12(17)15-7-6-14-9-11(16)5-4-10(14)8-15/h10H,4-9H2,1-3H3. The number of amides is 1. The number of hydrogen-bond acceptors (Lipinski definition) is 4. The molecule has 18 heavy (non-hydrogen) atoms. The molecule has 2 heterocycles. The Kier molecular flexibility index (Phi) is 3.61. The molecule has 0 aromatic carbocycles. The highest BCUT2D eigenvalue weighted by molar-refractivity contribution is 5.81. The zero-order valence-electron chi connectivity index (χ0n) is 11.4. The maximum Gasteiger partial charge on any atom is 0.410 e. The SMILES string of the molecule is CC(C)(C)OC(=O)N1CCN2CC(=O)CCC2C1. The van der Waals surface area contributed by atoms with Crippen LogP contribution in [0.25, 0.3) is 0 Å². The molecule has 2 aliphatic heterocycles. The fourth-order valence-electron chi connectivity index (χ4n) is 2.50. The Hall–Kier alpha value is -1.10. The average molecular weight is 254 g/mol. The zero-order chi connectivity index (χ0) is 13.3. The van der Waals surface area contributed by atoms with Crippen molar-refractivity contribution < 1.29 is 14.3 Å². The monoisotopic (exact) mass is 254 g/mol. The molecule has 102 valence electrons. The first-order valence-corrected chi connectivity index (χ1v) is 6.59. The first-order chi connectivity index (χ1) is 8.35. The summed E-state index contributed by atoms with van der Waals surface area (Å²) in [6.07, 6.45) is 1.26. The number of fused-ring (bicyclic) bond motifs is 1. The lowest BCUT2D eigenvalue weighted by Crippen LogP contribution is -2.58. The molecule has 0 bridgehead atoms. The Morgan fingerprint density at radius 1 is 1.33 bits per heavy atom. The van der Waals surface area contributed by atoms with E-state index in [1.165, 1.54) is 0 Å². The van der Waals surface area contributed by atoms with Crippen molar-refractivity contribution >= 4 is 11.9 Å². The van der Waals surface area contributed by atoms with Crippen molar-refractivity contribution in [2.75, 3.05) is 26.2 Å². The number of ether oxygens (including phenoxy) is 1. The number of Topliss-reactive ketones (excluding diaryl/α,β-unsaturated/α-hetero) is 1. The van der Waals surface area contributed by atoms with Crippen molar-refractivity contribution in [3.8, 4) is 0 Å². The minimum absolute atomic E-state index is 0.237. The number of hydrogen-bond donors (Lipinski definition) is 0. The molecule has 0 spiro atoms. The van der Waals surface area contributed by atoms with E-state index in [-0.39, 0.29) is 6.09 Å². The number of piperidine rings is 1. The third-order valence-electron chi connectivity index (χ3n) is 3.39. The third-order valence-corrected chi connectivity index (χ3v) is 3.39. The van der Waals surface area contributed by atoms with E-state index >= 15 is 0 Å². The van der Waals surface area contributed by atoms with Gasteiger partial charge in [0.05, 0.1) is 6.54 Å². The van der Waals surface area contributed by atoms with Gasteiger partial charge in [0.25, 0.3) is 0 Å². The van der Waals surface area contributed by atoms with Crippen LogP contribution >= 0.6 is 0 Å². The smallest absolute Gasteiger partial charge is 0.410 e. The molecule has 0 aromatic heterocycles. The van der Waals surface area contributed by atoms with Gasteiger partial charge in [-0.1, -0.05) is 0 Å². The minimum atomic E-state index is -0.448. The van der Waals surface area contributed by atoms with E-state index in [0.29, 0.717) is 37.9 Å². The number of nitrogens with zero attached hydrogens (tertiary/aromatic N) is 2. The number of carbonyl (C=O) groups excluding carboxylic acids is 2. The largest absolute Gasteiger partial charge is 0.444 e. The molecule has 1 unspecified atom stereocenters. The molecule has 5 nitrogen and oxygen atoms in total. The number of ketones is 1. The maximum atomic E-state index is 12.0. The van der Waals surface area contributed by atoms with Crippen molar-refractivity contribution in [2.24, 2.45) is 0 Å². The van der Waals surface area contributed by atoms with Crippen LogP contribution in [-0.4, -0.2) is 59.5 Å². The molecule has 1 atom stereocenters. The Morgan fingerprint density at radius 2 is 2.06 bits per heavy atom. The molecule has 5 heteroatoms. The van der Waals surface area contributed by atoms with E-state index in [1.54, 1.807) is 4.90 Å². The maximum absolute atomic E-state index is 12.0. The van der Waals surface area contributed by atoms with Gasteiger partial charge in [-0.15, -0.1) is 0 Å². The molecule has 0 saturated carbocycles. The molecular formula is C13H22N2O3. The normalized spacial score (nSPS) is 25.8. The predicted molar refractivity (Wildman–Crippen MR) is 67.4 cm³/mol. The Balaban J connectivity index is 1.91. The van der Waals surface area contributed by atoms with Crippen molar-refractivity contribution in [1.82, 2.24) is 9.80 Å². The van der Waals surface area contributed by atoms with E-state index in [4.69, 9.17) is 4.74 Å². The topological polar surface area (TPSA) is 49.9 Å². The second kappa shape index (κ2) is 4.88. The third kappa shape index (κ3) is 3.22. The summed E-state index contributed by atoms with van der Waals surface area (Å²) in [4.78, 5) is 27.3. The highest BCUT2D eigenvalue weighted by Gasteiger charge is 2.34. The lowest BCUT2D eigenvalue weighted by molar-refractivity contribution is -0.124. The predicted octanol–water partition coefficient (Wildman–Crippen LogP) is 1.27. The van der Waals surface area contributed by atoms with Gasteiger partial charge < -0.3 is 9.64 Å². The quantitative estimate of drug-likeness (QED) is 0.653. The van der Waals surface area contributed by atoms with Gasteiger partial charge in [0.15, 0.2) is 0 Å². The van der Waals surface area contributed by atoms with E-state index in [0.717, 1.165) is 13.0 Å². The summed E-state index contributed by atoms with van der Waals surface area (Å²) in [6.45, 7) is 8.28. The number of rotatable bonds is 0. The summed E-state index contributed by atoms with van der Waals surface area (Å²) >= 11 is 0. The lowest BCUT2D eigenvalue weighted by atomic mass is 9.99.